The summed E-state index contributed by atoms with van der Waals surface area (Å²) in [6, 6.07) is 9.28. The number of allylic oxidation sites excluding steroid dienone is 1. The van der Waals surface area contributed by atoms with Crippen molar-refractivity contribution >= 4 is 55.2 Å². The molecule has 3 rings (SSSR count). The SMILES string of the molecule is CC1=CC(C)(C)N(C)c2ccc(/C=N\NC(=O)c3cc(Br)cc(Br)c3O)cc21. The molecule has 2 N–H and O–H groups in total. The van der Waals surface area contributed by atoms with E-state index in [0.717, 1.165) is 16.8 Å². The lowest BCUT2D eigenvalue weighted by atomic mass is 9.89. The van der Waals surface area contributed by atoms with Crippen LogP contribution in [0.4, 0.5) is 5.69 Å². The van der Waals surface area contributed by atoms with Gasteiger partial charge in [-0.15, -0.1) is 0 Å². The molecule has 0 aliphatic carbocycles. The van der Waals surface area contributed by atoms with Gasteiger partial charge in [0.25, 0.3) is 5.91 Å². The summed E-state index contributed by atoms with van der Waals surface area (Å²) in [5.74, 6) is -0.623. The summed E-state index contributed by atoms with van der Waals surface area (Å²) >= 11 is 6.52. The number of likely N-dealkylation sites (N-methyl/N-ethyl adjacent to an activating group) is 1. The molecule has 146 valence electrons. The average molecular weight is 507 g/mol. The molecule has 0 unspecified atom stereocenters. The number of phenols is 1. The van der Waals surface area contributed by atoms with Gasteiger partial charge in [-0.25, -0.2) is 5.43 Å². The molecular weight excluding hydrogens is 486 g/mol. The molecule has 1 aliphatic rings. The smallest absolute Gasteiger partial charge is 0.275 e. The number of hydrogen-bond acceptors (Lipinski definition) is 4. The molecule has 5 nitrogen and oxygen atoms in total. The number of nitrogens with one attached hydrogen (secondary N) is 1. The monoisotopic (exact) mass is 505 g/mol. The van der Waals surface area contributed by atoms with Gasteiger partial charge in [0.05, 0.1) is 21.8 Å². The van der Waals surface area contributed by atoms with E-state index < -0.39 is 5.91 Å². The Labute approximate surface area is 181 Å². The van der Waals surface area contributed by atoms with Crippen LogP contribution in [0.5, 0.6) is 5.75 Å². The van der Waals surface area contributed by atoms with Crippen molar-refractivity contribution in [2.45, 2.75) is 26.3 Å². The van der Waals surface area contributed by atoms with E-state index in [4.69, 9.17) is 0 Å². The van der Waals surface area contributed by atoms with E-state index in [-0.39, 0.29) is 16.9 Å². The summed E-state index contributed by atoms with van der Waals surface area (Å²) in [6.45, 7) is 6.46. The van der Waals surface area contributed by atoms with Gasteiger partial charge in [-0.2, -0.15) is 5.10 Å². The van der Waals surface area contributed by atoms with Crippen LogP contribution in [0.15, 0.2) is 50.5 Å². The number of nitrogens with zero attached hydrogens (tertiary/aromatic N) is 2. The van der Waals surface area contributed by atoms with Crippen LogP contribution in [0.2, 0.25) is 0 Å². The molecule has 1 aliphatic heterocycles. The van der Waals surface area contributed by atoms with Gasteiger partial charge in [-0.3, -0.25) is 4.79 Å². The number of anilines is 1. The van der Waals surface area contributed by atoms with Crippen LogP contribution in [0.3, 0.4) is 0 Å². The Morgan fingerprint density at radius 1 is 1.25 bits per heavy atom. The lowest BCUT2D eigenvalue weighted by molar-refractivity contribution is 0.0952. The molecule has 0 radical (unpaired) electrons. The predicted octanol–water partition coefficient (Wildman–Crippen LogP) is 5.31. The summed E-state index contributed by atoms with van der Waals surface area (Å²) in [5, 5.41) is 14.1. The number of amides is 1. The van der Waals surface area contributed by atoms with Gasteiger partial charge < -0.3 is 10.0 Å². The maximum Gasteiger partial charge on any atom is 0.275 e. The van der Waals surface area contributed by atoms with Gasteiger partial charge in [0.15, 0.2) is 0 Å². The van der Waals surface area contributed by atoms with E-state index >= 15 is 0 Å². The van der Waals surface area contributed by atoms with Crippen molar-refractivity contribution in [2.24, 2.45) is 5.10 Å². The fourth-order valence-electron chi connectivity index (χ4n) is 3.22. The molecule has 2 aromatic carbocycles. The van der Waals surface area contributed by atoms with Crippen molar-refractivity contribution < 1.29 is 9.90 Å². The van der Waals surface area contributed by atoms with Crippen LogP contribution in [0.25, 0.3) is 5.57 Å². The van der Waals surface area contributed by atoms with Gasteiger partial charge in [0.2, 0.25) is 0 Å². The molecule has 0 saturated heterocycles. The van der Waals surface area contributed by atoms with Gasteiger partial charge >= 0.3 is 0 Å². The van der Waals surface area contributed by atoms with E-state index in [9.17, 15) is 9.90 Å². The number of hydrogen-bond donors (Lipinski definition) is 2. The molecule has 1 amide bonds. The molecule has 1 heterocycles. The number of fused-ring (bicyclic) bond motifs is 1. The zero-order valence-corrected chi connectivity index (χ0v) is 19.2. The molecule has 0 fully saturated rings. The molecule has 0 bridgehead atoms. The van der Waals surface area contributed by atoms with Crippen LogP contribution < -0.4 is 10.3 Å². The Morgan fingerprint density at radius 3 is 2.68 bits per heavy atom. The predicted molar refractivity (Wildman–Crippen MR) is 121 cm³/mol. The number of carbonyl (C=O) groups excluding carboxylic acids is 1. The Morgan fingerprint density at radius 2 is 1.96 bits per heavy atom. The number of benzene rings is 2. The standard InChI is InChI=1S/C21H21Br2N3O2/c1-12-10-21(2,3)26(4)18-6-5-13(7-15(12)18)11-24-25-20(28)16-8-14(22)9-17(23)19(16)27/h5-11,27H,1-4H3,(H,25,28)/b24-11-. The molecule has 7 heteroatoms. The van der Waals surface area contributed by atoms with Crippen molar-refractivity contribution in [3.05, 3.63) is 62.0 Å². The Kier molecular flexibility index (Phi) is 5.68. The van der Waals surface area contributed by atoms with Crippen LogP contribution in [-0.2, 0) is 0 Å². The third-order valence-corrected chi connectivity index (χ3v) is 5.96. The molecule has 0 spiro atoms. The Hall–Kier alpha value is -2.12. The van der Waals surface area contributed by atoms with Crippen molar-refractivity contribution in [3.63, 3.8) is 0 Å². The number of rotatable bonds is 3. The third-order valence-electron chi connectivity index (χ3n) is 4.89. The molecule has 0 saturated carbocycles. The highest BCUT2D eigenvalue weighted by molar-refractivity contribution is 9.11. The van der Waals surface area contributed by atoms with Gasteiger partial charge in [-0.1, -0.05) is 28.1 Å². The minimum atomic E-state index is -0.494. The second-order valence-electron chi connectivity index (χ2n) is 7.30. The van der Waals surface area contributed by atoms with E-state index in [0.29, 0.717) is 8.95 Å². The maximum atomic E-state index is 12.3. The Bertz CT molecular complexity index is 1010. The summed E-state index contributed by atoms with van der Waals surface area (Å²) in [6.07, 6.45) is 3.83. The topological polar surface area (TPSA) is 64.9 Å². The number of hydrazone groups is 1. The highest BCUT2D eigenvalue weighted by atomic mass is 79.9. The van der Waals surface area contributed by atoms with Crippen LogP contribution in [0, 0.1) is 0 Å². The first kappa shape index (κ1) is 20.6. The van der Waals surface area contributed by atoms with Crippen molar-refractivity contribution in [1.29, 1.82) is 0 Å². The van der Waals surface area contributed by atoms with Crippen molar-refractivity contribution in [1.82, 2.24) is 5.43 Å². The summed E-state index contributed by atoms with van der Waals surface area (Å²) in [4.78, 5) is 14.6. The number of phenolic OH excluding ortho intramolecular Hbond substituents is 1. The molecule has 0 aromatic heterocycles. The first-order chi connectivity index (χ1) is 13.1. The third kappa shape index (κ3) is 4.00. The van der Waals surface area contributed by atoms with Gasteiger partial charge in [0.1, 0.15) is 5.75 Å². The summed E-state index contributed by atoms with van der Waals surface area (Å²) in [7, 11) is 2.08. The molecule has 28 heavy (non-hydrogen) atoms. The van der Waals surface area contributed by atoms with Gasteiger partial charge in [-0.05, 0) is 72.1 Å². The maximum absolute atomic E-state index is 12.3. The Balaban J connectivity index is 1.80. The fourth-order valence-corrected chi connectivity index (χ4v) is 4.45. The number of halogens is 2. The van der Waals surface area contributed by atoms with E-state index in [1.807, 2.05) is 6.07 Å². The number of carbonyl (C=O) groups is 1. The van der Waals surface area contributed by atoms with Crippen molar-refractivity contribution in [2.75, 3.05) is 11.9 Å². The molecule has 0 atom stereocenters. The normalized spacial score (nSPS) is 15.4. The van der Waals surface area contributed by atoms with Crippen molar-refractivity contribution in [3.8, 4) is 5.75 Å². The van der Waals surface area contributed by atoms with Gasteiger partial charge in [0, 0.05) is 22.8 Å². The minimum Gasteiger partial charge on any atom is -0.506 e. The molecule has 2 aromatic rings. The lowest BCUT2D eigenvalue weighted by Crippen LogP contribution is -2.42. The van der Waals surface area contributed by atoms with E-state index in [2.05, 4.69) is 93.3 Å². The highest BCUT2D eigenvalue weighted by Gasteiger charge is 2.28. The molecular formula is C21H21Br2N3O2. The van der Waals surface area contributed by atoms with E-state index in [1.165, 1.54) is 11.6 Å². The number of aromatic hydroxyl groups is 1. The zero-order valence-electron chi connectivity index (χ0n) is 16.0. The second-order valence-corrected chi connectivity index (χ2v) is 9.07. The zero-order chi connectivity index (χ0) is 20.6. The van der Waals surface area contributed by atoms with Crippen LogP contribution in [-0.4, -0.2) is 29.8 Å². The highest BCUT2D eigenvalue weighted by Crippen LogP contribution is 2.38. The van der Waals surface area contributed by atoms with Crippen LogP contribution in [0.1, 0.15) is 42.3 Å². The quantitative estimate of drug-likeness (QED) is 0.437. The average Bonchev–Trinajstić information content (AvgIpc) is 2.62. The second kappa shape index (κ2) is 7.72. The minimum absolute atomic E-state index is 0.0408. The summed E-state index contributed by atoms with van der Waals surface area (Å²) in [5.41, 5.74) is 6.94. The van der Waals surface area contributed by atoms with Crippen LogP contribution >= 0.6 is 31.9 Å². The first-order valence-electron chi connectivity index (χ1n) is 8.69. The lowest BCUT2D eigenvalue weighted by Gasteiger charge is -2.40. The largest absolute Gasteiger partial charge is 0.506 e. The summed E-state index contributed by atoms with van der Waals surface area (Å²) < 4.78 is 1.11. The first-order valence-corrected chi connectivity index (χ1v) is 10.3. The fraction of sp³-hybridized carbons (Fsp3) is 0.238. The van der Waals surface area contributed by atoms with E-state index in [1.54, 1.807) is 12.3 Å².